The van der Waals surface area contributed by atoms with Crippen LogP contribution in [0.15, 0.2) is 5.16 Å². The molecule has 0 bridgehead atoms. The van der Waals surface area contributed by atoms with Gasteiger partial charge in [0.15, 0.2) is 5.84 Å². The highest BCUT2D eigenvalue weighted by atomic mass is 16.4. The molecule has 20 heavy (non-hydrogen) atoms. The van der Waals surface area contributed by atoms with Gasteiger partial charge in [0.25, 0.3) is 0 Å². The zero-order chi connectivity index (χ0) is 15.0. The van der Waals surface area contributed by atoms with Crippen LogP contribution in [0.2, 0.25) is 0 Å². The average Bonchev–Trinajstić information content (AvgIpc) is 2.43. The number of rotatable bonds is 5. The first-order chi connectivity index (χ1) is 9.59. The summed E-state index contributed by atoms with van der Waals surface area (Å²) >= 11 is 0. The van der Waals surface area contributed by atoms with Gasteiger partial charge < -0.3 is 16.3 Å². The lowest BCUT2D eigenvalue weighted by molar-refractivity contribution is -0.127. The van der Waals surface area contributed by atoms with Crippen molar-refractivity contribution >= 4 is 11.7 Å². The van der Waals surface area contributed by atoms with Gasteiger partial charge in [-0.3, -0.25) is 4.79 Å². The molecule has 0 aliphatic heterocycles. The van der Waals surface area contributed by atoms with Gasteiger partial charge in [0, 0.05) is 5.92 Å². The number of hydrogen-bond acceptors (Lipinski definition) is 3. The second-order valence-corrected chi connectivity index (χ2v) is 5.81. The van der Waals surface area contributed by atoms with Gasteiger partial charge in [0.2, 0.25) is 5.91 Å². The van der Waals surface area contributed by atoms with Gasteiger partial charge in [0.1, 0.15) is 5.54 Å². The van der Waals surface area contributed by atoms with Crippen LogP contribution in [0, 0.1) is 5.92 Å². The molecule has 0 aromatic carbocycles. The molecule has 1 saturated carbocycles. The third-order valence-corrected chi connectivity index (χ3v) is 4.64. The summed E-state index contributed by atoms with van der Waals surface area (Å²) in [5, 5.41) is 15.1. The first kappa shape index (κ1) is 16.8. The maximum absolute atomic E-state index is 12.5. The van der Waals surface area contributed by atoms with Gasteiger partial charge >= 0.3 is 0 Å². The maximum Gasteiger partial charge on any atom is 0.223 e. The Balaban J connectivity index is 2.74. The number of oxime groups is 1. The van der Waals surface area contributed by atoms with Gasteiger partial charge in [-0.1, -0.05) is 51.1 Å². The molecular weight excluding hydrogens is 254 g/mol. The first-order valence-electron chi connectivity index (χ1n) is 7.89. The Labute approximate surface area is 122 Å². The van der Waals surface area contributed by atoms with Crippen LogP contribution in [0.5, 0.6) is 0 Å². The van der Waals surface area contributed by atoms with Crippen LogP contribution in [0.4, 0.5) is 0 Å². The molecule has 0 heterocycles. The molecule has 0 aromatic rings. The number of nitrogens with two attached hydrogens (primary N) is 1. The van der Waals surface area contributed by atoms with E-state index in [0.717, 1.165) is 25.7 Å². The molecule has 0 radical (unpaired) electrons. The van der Waals surface area contributed by atoms with E-state index in [1.807, 2.05) is 13.8 Å². The molecule has 0 aromatic heterocycles. The lowest BCUT2D eigenvalue weighted by Gasteiger charge is -2.33. The molecular formula is C15H29N3O2. The van der Waals surface area contributed by atoms with Gasteiger partial charge in [-0.25, -0.2) is 0 Å². The van der Waals surface area contributed by atoms with E-state index in [9.17, 15) is 4.79 Å². The first-order valence-corrected chi connectivity index (χ1v) is 7.89. The van der Waals surface area contributed by atoms with Crippen molar-refractivity contribution in [3.63, 3.8) is 0 Å². The van der Waals surface area contributed by atoms with Crippen molar-refractivity contribution in [2.24, 2.45) is 16.8 Å². The van der Waals surface area contributed by atoms with Crippen LogP contribution < -0.4 is 11.1 Å². The summed E-state index contributed by atoms with van der Waals surface area (Å²) in [7, 11) is 0. The van der Waals surface area contributed by atoms with Crippen molar-refractivity contribution in [2.75, 3.05) is 0 Å². The highest BCUT2D eigenvalue weighted by Crippen LogP contribution is 2.24. The normalized spacial score (nSPS) is 19.2. The highest BCUT2D eigenvalue weighted by Gasteiger charge is 2.35. The van der Waals surface area contributed by atoms with E-state index in [1.54, 1.807) is 0 Å². The number of carbonyl (C=O) groups is 1. The summed E-state index contributed by atoms with van der Waals surface area (Å²) in [5.41, 5.74) is 5.08. The molecule has 0 spiro atoms. The Hall–Kier alpha value is -1.26. The van der Waals surface area contributed by atoms with Crippen molar-refractivity contribution in [2.45, 2.75) is 77.2 Å². The fourth-order valence-electron chi connectivity index (χ4n) is 3.00. The molecule has 0 saturated heterocycles. The fraction of sp³-hybridized carbons (Fsp3) is 0.867. The molecule has 1 rings (SSSR count). The summed E-state index contributed by atoms with van der Waals surface area (Å²) in [4.78, 5) is 12.5. The summed E-state index contributed by atoms with van der Waals surface area (Å²) in [5.74, 6) is 0.225. The lowest BCUT2D eigenvalue weighted by atomic mass is 9.87. The standard InChI is InChI=1S/C15H29N3O2/c1-3-15(4-2,14(16)18-20)17-13(19)12-10-8-6-5-7-9-11-12/h12,20H,3-11H2,1-2H3,(H2,16,18)(H,17,19). The summed E-state index contributed by atoms with van der Waals surface area (Å²) in [6, 6.07) is 0. The molecule has 5 heteroatoms. The Kier molecular flexibility index (Phi) is 6.82. The Morgan fingerprint density at radius 2 is 1.70 bits per heavy atom. The molecule has 4 N–H and O–H groups in total. The minimum atomic E-state index is -0.714. The predicted molar refractivity (Wildman–Crippen MR) is 80.7 cm³/mol. The number of nitrogens with zero attached hydrogens (tertiary/aromatic N) is 1. The number of nitrogens with one attached hydrogen (secondary N) is 1. The minimum absolute atomic E-state index is 0.0576. The molecule has 5 nitrogen and oxygen atoms in total. The van der Waals surface area contributed by atoms with Crippen LogP contribution in [0.25, 0.3) is 0 Å². The number of amides is 1. The second kappa shape index (κ2) is 8.12. The van der Waals surface area contributed by atoms with Gasteiger partial charge in [-0.2, -0.15) is 0 Å². The van der Waals surface area contributed by atoms with Crippen molar-refractivity contribution in [3.8, 4) is 0 Å². The van der Waals surface area contributed by atoms with Crippen LogP contribution in [-0.4, -0.2) is 22.5 Å². The molecule has 1 amide bonds. The SMILES string of the molecule is CCC(CC)(NC(=O)C1CCCCCCC1)C(N)=NO. The molecule has 1 aliphatic rings. The molecule has 1 fully saturated rings. The van der Waals surface area contributed by atoms with E-state index >= 15 is 0 Å². The van der Waals surface area contributed by atoms with E-state index < -0.39 is 5.54 Å². The van der Waals surface area contributed by atoms with Crippen molar-refractivity contribution < 1.29 is 10.0 Å². The largest absolute Gasteiger partial charge is 0.409 e. The monoisotopic (exact) mass is 283 g/mol. The van der Waals surface area contributed by atoms with Crippen molar-refractivity contribution in [3.05, 3.63) is 0 Å². The minimum Gasteiger partial charge on any atom is -0.409 e. The average molecular weight is 283 g/mol. The quantitative estimate of drug-likeness (QED) is 0.314. The lowest BCUT2D eigenvalue weighted by Crippen LogP contribution is -2.58. The zero-order valence-electron chi connectivity index (χ0n) is 12.8. The van der Waals surface area contributed by atoms with Gasteiger partial charge in [-0.05, 0) is 25.7 Å². The van der Waals surface area contributed by atoms with Crippen LogP contribution in [0.1, 0.15) is 71.6 Å². The molecule has 1 aliphatic carbocycles. The zero-order valence-corrected chi connectivity index (χ0v) is 12.8. The van der Waals surface area contributed by atoms with Gasteiger partial charge in [0.05, 0.1) is 0 Å². The second-order valence-electron chi connectivity index (χ2n) is 5.81. The number of hydrogen-bond donors (Lipinski definition) is 3. The molecule has 0 unspecified atom stereocenters. The van der Waals surface area contributed by atoms with E-state index in [0.29, 0.717) is 12.8 Å². The number of amidine groups is 1. The highest BCUT2D eigenvalue weighted by molar-refractivity contribution is 5.94. The Morgan fingerprint density at radius 3 is 2.15 bits per heavy atom. The summed E-state index contributed by atoms with van der Waals surface area (Å²) < 4.78 is 0. The summed E-state index contributed by atoms with van der Waals surface area (Å²) in [6.45, 7) is 3.89. The fourth-order valence-corrected chi connectivity index (χ4v) is 3.00. The molecule has 116 valence electrons. The third kappa shape index (κ3) is 4.12. The third-order valence-electron chi connectivity index (χ3n) is 4.64. The van der Waals surface area contributed by atoms with Crippen LogP contribution in [-0.2, 0) is 4.79 Å². The smallest absolute Gasteiger partial charge is 0.223 e. The predicted octanol–water partition coefficient (Wildman–Crippen LogP) is 2.77. The van der Waals surface area contributed by atoms with E-state index in [-0.39, 0.29) is 17.7 Å². The Morgan fingerprint density at radius 1 is 1.20 bits per heavy atom. The van der Waals surface area contributed by atoms with E-state index in [4.69, 9.17) is 10.9 Å². The van der Waals surface area contributed by atoms with Crippen molar-refractivity contribution in [1.82, 2.24) is 5.32 Å². The van der Waals surface area contributed by atoms with E-state index in [2.05, 4.69) is 10.5 Å². The Bertz CT molecular complexity index is 330. The maximum atomic E-state index is 12.5. The summed E-state index contributed by atoms with van der Waals surface area (Å²) in [6.07, 6.45) is 9.10. The van der Waals surface area contributed by atoms with Crippen molar-refractivity contribution in [1.29, 1.82) is 0 Å². The van der Waals surface area contributed by atoms with E-state index in [1.165, 1.54) is 19.3 Å². The number of carbonyl (C=O) groups excluding carboxylic acids is 1. The topological polar surface area (TPSA) is 87.7 Å². The van der Waals surface area contributed by atoms with Gasteiger partial charge in [-0.15, -0.1) is 0 Å². The van der Waals surface area contributed by atoms with Crippen LogP contribution in [0.3, 0.4) is 0 Å². The van der Waals surface area contributed by atoms with Crippen LogP contribution >= 0.6 is 0 Å². The molecule has 0 atom stereocenters.